The number of anilines is 3. The fourth-order valence-electron chi connectivity index (χ4n) is 1.30. The molecular formula is C11H15F2N3O2. The fourth-order valence-corrected chi connectivity index (χ4v) is 1.30. The summed E-state index contributed by atoms with van der Waals surface area (Å²) in [5.41, 5.74) is 11.8. The van der Waals surface area contributed by atoms with Gasteiger partial charge in [0.25, 0.3) is 0 Å². The number of nitrogens with two attached hydrogens (primary N) is 2. The van der Waals surface area contributed by atoms with Crippen molar-refractivity contribution in [3.63, 3.8) is 0 Å². The van der Waals surface area contributed by atoms with Gasteiger partial charge >= 0.3 is 11.9 Å². The van der Waals surface area contributed by atoms with E-state index in [1.165, 1.54) is 19.1 Å². The molecule has 18 heavy (non-hydrogen) atoms. The van der Waals surface area contributed by atoms with Gasteiger partial charge in [0, 0.05) is 0 Å². The number of nitrogens with one attached hydrogen (secondary N) is 1. The van der Waals surface area contributed by atoms with E-state index in [1.807, 2.05) is 0 Å². The van der Waals surface area contributed by atoms with Crippen molar-refractivity contribution >= 4 is 23.0 Å². The number of esters is 1. The number of alkyl halides is 2. The number of para-hydroxylation sites is 1. The summed E-state index contributed by atoms with van der Waals surface area (Å²) in [4.78, 5) is 11.0. The Hall–Kier alpha value is -2.05. The normalized spacial score (nSPS) is 11.1. The van der Waals surface area contributed by atoms with Crippen LogP contribution in [0, 0.1) is 0 Å². The van der Waals surface area contributed by atoms with Crippen LogP contribution >= 0.6 is 0 Å². The lowest BCUT2D eigenvalue weighted by Crippen LogP contribution is -2.38. The van der Waals surface area contributed by atoms with E-state index < -0.39 is 18.4 Å². The first kappa shape index (κ1) is 14.0. The summed E-state index contributed by atoms with van der Waals surface area (Å²) in [5.74, 6) is -5.21. The van der Waals surface area contributed by atoms with E-state index in [0.717, 1.165) is 0 Å². The molecule has 0 atom stereocenters. The second kappa shape index (κ2) is 5.52. The highest BCUT2D eigenvalue weighted by Crippen LogP contribution is 2.27. The van der Waals surface area contributed by atoms with Gasteiger partial charge in [0.1, 0.15) is 0 Å². The molecule has 0 saturated carbocycles. The zero-order chi connectivity index (χ0) is 13.8. The molecule has 0 fully saturated rings. The third-order valence-corrected chi connectivity index (χ3v) is 2.19. The van der Waals surface area contributed by atoms with E-state index in [-0.39, 0.29) is 23.7 Å². The molecule has 0 unspecified atom stereocenters. The van der Waals surface area contributed by atoms with Gasteiger partial charge in [-0.25, -0.2) is 4.79 Å². The predicted molar refractivity (Wildman–Crippen MR) is 65.3 cm³/mol. The van der Waals surface area contributed by atoms with Crippen LogP contribution < -0.4 is 16.8 Å². The molecule has 5 N–H and O–H groups in total. The number of nitrogen functional groups attached to an aromatic ring is 2. The molecule has 0 heterocycles. The largest absolute Gasteiger partial charge is 0.462 e. The number of hydrogen-bond donors (Lipinski definition) is 3. The van der Waals surface area contributed by atoms with Crippen LogP contribution in [0.25, 0.3) is 0 Å². The van der Waals surface area contributed by atoms with Crippen LogP contribution in [0.3, 0.4) is 0 Å². The van der Waals surface area contributed by atoms with Crippen molar-refractivity contribution in [2.45, 2.75) is 12.8 Å². The third-order valence-electron chi connectivity index (χ3n) is 2.19. The number of ether oxygens (including phenoxy) is 1. The second-order valence-corrected chi connectivity index (χ2v) is 3.59. The van der Waals surface area contributed by atoms with E-state index in [0.29, 0.717) is 0 Å². The number of hydrogen-bond acceptors (Lipinski definition) is 5. The zero-order valence-electron chi connectivity index (χ0n) is 9.87. The van der Waals surface area contributed by atoms with Crippen LogP contribution in [0.15, 0.2) is 18.2 Å². The number of carbonyl (C=O) groups excluding carboxylic acids is 1. The maximum Gasteiger partial charge on any atom is 0.378 e. The predicted octanol–water partition coefficient (Wildman–Crippen LogP) is 1.46. The summed E-state index contributed by atoms with van der Waals surface area (Å²) < 4.78 is 30.9. The maximum atomic E-state index is 13.3. The van der Waals surface area contributed by atoms with E-state index in [2.05, 4.69) is 10.1 Å². The molecule has 1 aromatic carbocycles. The summed E-state index contributed by atoms with van der Waals surface area (Å²) in [6.45, 7) is 0.420. The molecule has 0 aliphatic carbocycles. The first-order chi connectivity index (χ1) is 8.38. The van der Waals surface area contributed by atoms with Crippen molar-refractivity contribution < 1.29 is 18.3 Å². The Morgan fingerprint density at radius 3 is 2.44 bits per heavy atom. The van der Waals surface area contributed by atoms with Crippen molar-refractivity contribution in [1.82, 2.24) is 0 Å². The molecule has 1 aromatic rings. The quantitative estimate of drug-likeness (QED) is 0.550. The molecule has 0 aliphatic heterocycles. The van der Waals surface area contributed by atoms with E-state index in [4.69, 9.17) is 11.5 Å². The molecule has 0 radical (unpaired) electrons. The molecule has 0 bridgehead atoms. The topological polar surface area (TPSA) is 90.4 Å². The van der Waals surface area contributed by atoms with Gasteiger partial charge in [-0.15, -0.1) is 0 Å². The monoisotopic (exact) mass is 259 g/mol. The lowest BCUT2D eigenvalue weighted by Gasteiger charge is -2.17. The van der Waals surface area contributed by atoms with Gasteiger partial charge in [-0.05, 0) is 19.1 Å². The van der Waals surface area contributed by atoms with Crippen molar-refractivity contribution in [2.24, 2.45) is 0 Å². The minimum absolute atomic E-state index is 0.107. The van der Waals surface area contributed by atoms with Crippen LogP contribution in [0.2, 0.25) is 0 Å². The minimum atomic E-state index is -3.63. The molecular weight excluding hydrogens is 244 g/mol. The molecule has 0 amide bonds. The highest BCUT2D eigenvalue weighted by Gasteiger charge is 2.40. The van der Waals surface area contributed by atoms with E-state index in [1.54, 1.807) is 6.07 Å². The van der Waals surface area contributed by atoms with Crippen LogP contribution in [-0.4, -0.2) is 25.0 Å². The SMILES string of the molecule is CCOC(=O)C(F)(F)CNc1c(N)cccc1N. The number of rotatable bonds is 5. The van der Waals surface area contributed by atoms with Gasteiger partial charge in [-0.2, -0.15) is 8.78 Å². The Morgan fingerprint density at radius 1 is 1.39 bits per heavy atom. The van der Waals surface area contributed by atoms with E-state index >= 15 is 0 Å². The Bertz CT molecular complexity index is 418. The average Bonchev–Trinajstić information content (AvgIpc) is 2.28. The second-order valence-electron chi connectivity index (χ2n) is 3.59. The summed E-state index contributed by atoms with van der Waals surface area (Å²) in [7, 11) is 0. The molecule has 1 rings (SSSR count). The first-order valence-electron chi connectivity index (χ1n) is 5.31. The van der Waals surface area contributed by atoms with Crippen molar-refractivity contribution in [3.05, 3.63) is 18.2 Å². The molecule has 100 valence electrons. The standard InChI is InChI=1S/C11H15F2N3O2/c1-2-18-10(17)11(12,13)6-16-9-7(14)4-3-5-8(9)15/h3-5,16H,2,6,14-15H2,1H3. The lowest BCUT2D eigenvalue weighted by atomic mass is 10.2. The highest BCUT2D eigenvalue weighted by atomic mass is 19.3. The van der Waals surface area contributed by atoms with Crippen molar-refractivity contribution in [3.8, 4) is 0 Å². The van der Waals surface area contributed by atoms with E-state index in [9.17, 15) is 13.6 Å². The molecule has 0 aliphatic rings. The molecule has 0 saturated heterocycles. The van der Waals surface area contributed by atoms with Gasteiger partial charge in [0.05, 0.1) is 30.2 Å². The minimum Gasteiger partial charge on any atom is -0.462 e. The van der Waals surface area contributed by atoms with Gasteiger partial charge < -0.3 is 21.5 Å². The summed E-state index contributed by atoms with van der Waals surface area (Å²) in [5, 5.41) is 2.36. The van der Waals surface area contributed by atoms with Crippen LogP contribution in [0.5, 0.6) is 0 Å². The number of carbonyl (C=O) groups is 1. The maximum absolute atomic E-state index is 13.3. The molecule has 0 spiro atoms. The third kappa shape index (κ3) is 3.22. The fraction of sp³-hybridized carbons (Fsp3) is 0.364. The van der Waals surface area contributed by atoms with Gasteiger partial charge in [-0.3, -0.25) is 0 Å². The lowest BCUT2D eigenvalue weighted by molar-refractivity contribution is -0.169. The Balaban J connectivity index is 2.73. The summed E-state index contributed by atoms with van der Waals surface area (Å²) >= 11 is 0. The van der Waals surface area contributed by atoms with Gasteiger partial charge in [0.15, 0.2) is 0 Å². The Labute approximate surface area is 103 Å². The highest BCUT2D eigenvalue weighted by molar-refractivity contribution is 5.82. The summed E-state index contributed by atoms with van der Waals surface area (Å²) in [6.07, 6.45) is 0. The van der Waals surface area contributed by atoms with Crippen LogP contribution in [0.1, 0.15) is 6.92 Å². The zero-order valence-corrected chi connectivity index (χ0v) is 9.87. The van der Waals surface area contributed by atoms with Crippen LogP contribution in [0.4, 0.5) is 25.8 Å². The average molecular weight is 259 g/mol. The molecule has 0 aromatic heterocycles. The van der Waals surface area contributed by atoms with Gasteiger partial charge in [-0.1, -0.05) is 6.07 Å². The number of halogens is 2. The molecule has 7 heteroatoms. The van der Waals surface area contributed by atoms with Crippen LogP contribution in [-0.2, 0) is 9.53 Å². The van der Waals surface area contributed by atoms with Crippen molar-refractivity contribution in [2.75, 3.05) is 29.9 Å². The number of benzene rings is 1. The summed E-state index contributed by atoms with van der Waals surface area (Å²) in [6, 6.07) is 4.63. The smallest absolute Gasteiger partial charge is 0.378 e. The van der Waals surface area contributed by atoms with Crippen molar-refractivity contribution in [1.29, 1.82) is 0 Å². The molecule has 5 nitrogen and oxygen atoms in total. The Morgan fingerprint density at radius 2 is 1.94 bits per heavy atom. The Kier molecular flexibility index (Phi) is 4.30. The first-order valence-corrected chi connectivity index (χ1v) is 5.31. The van der Waals surface area contributed by atoms with Gasteiger partial charge in [0.2, 0.25) is 0 Å².